The van der Waals surface area contributed by atoms with Crippen molar-refractivity contribution in [1.29, 1.82) is 5.26 Å². The van der Waals surface area contributed by atoms with Gasteiger partial charge in [0.15, 0.2) is 0 Å². The third-order valence-corrected chi connectivity index (χ3v) is 6.10. The normalized spacial score (nSPS) is 20.1. The molecule has 2 aliphatic rings. The van der Waals surface area contributed by atoms with Crippen LogP contribution in [0, 0.1) is 11.3 Å². The predicted molar refractivity (Wildman–Crippen MR) is 116 cm³/mol. The van der Waals surface area contributed by atoms with Crippen LogP contribution in [0.4, 0.5) is 0 Å². The first kappa shape index (κ1) is 21.4. The van der Waals surface area contributed by atoms with Crippen LogP contribution < -0.4 is 15.2 Å². The molecule has 1 saturated heterocycles. The number of hydrogen-bond acceptors (Lipinski definition) is 5. The van der Waals surface area contributed by atoms with E-state index < -0.39 is 0 Å². The number of nitrogens with zero attached hydrogens (tertiary/aromatic N) is 2. The van der Waals surface area contributed by atoms with Gasteiger partial charge in [0, 0.05) is 37.7 Å². The molecule has 1 atom stereocenters. The molecule has 2 heterocycles. The van der Waals surface area contributed by atoms with Gasteiger partial charge in [-0.05, 0) is 55.2 Å². The zero-order valence-corrected chi connectivity index (χ0v) is 17.6. The summed E-state index contributed by atoms with van der Waals surface area (Å²) in [5.74, 6) is 1.73. The third kappa shape index (κ3) is 4.67. The smallest absolute Gasteiger partial charge is 0.125 e. The molecule has 0 bridgehead atoms. The fourth-order valence-corrected chi connectivity index (χ4v) is 4.35. The van der Waals surface area contributed by atoms with E-state index in [0.717, 1.165) is 62.4 Å². The molecule has 0 aromatic heterocycles. The number of nitriles is 1. The van der Waals surface area contributed by atoms with Crippen LogP contribution in [0.3, 0.4) is 0 Å². The molecule has 154 valence electrons. The second-order valence-corrected chi connectivity index (χ2v) is 7.90. The first-order valence-corrected chi connectivity index (χ1v) is 9.95. The summed E-state index contributed by atoms with van der Waals surface area (Å²) in [5.41, 5.74) is 9.39. The Hall–Kier alpha value is -2.26. The highest BCUT2D eigenvalue weighted by Gasteiger charge is 2.42. The summed E-state index contributed by atoms with van der Waals surface area (Å²) < 4.78 is 11.8. The first-order chi connectivity index (χ1) is 13.6. The third-order valence-electron chi connectivity index (χ3n) is 6.10. The standard InChI is InChI=1S/C23H27N3O2.ClH/c1-27-19-6-7-22-20(14-19)21(25)15-23(28-22)9-12-26(13-10-23)11-8-17-2-4-18(16-24)5-3-17;/h2-7,14,21H,8-13,15,25H2,1H3;1H. The van der Waals surface area contributed by atoms with Crippen molar-refractivity contribution in [2.24, 2.45) is 5.73 Å². The molecule has 0 radical (unpaired) electrons. The van der Waals surface area contributed by atoms with Gasteiger partial charge in [-0.25, -0.2) is 0 Å². The molecule has 1 spiro atoms. The molecule has 2 aliphatic heterocycles. The molecule has 4 rings (SSSR count). The second kappa shape index (κ2) is 9.04. The number of piperidine rings is 1. The molecule has 0 aliphatic carbocycles. The number of likely N-dealkylation sites (tertiary alicyclic amines) is 1. The highest BCUT2D eigenvalue weighted by atomic mass is 35.5. The zero-order valence-electron chi connectivity index (χ0n) is 16.8. The van der Waals surface area contributed by atoms with Gasteiger partial charge in [0.25, 0.3) is 0 Å². The molecule has 6 heteroatoms. The summed E-state index contributed by atoms with van der Waals surface area (Å²) in [5, 5.41) is 8.90. The van der Waals surface area contributed by atoms with E-state index in [4.69, 9.17) is 20.5 Å². The van der Waals surface area contributed by atoms with Gasteiger partial charge >= 0.3 is 0 Å². The Morgan fingerprint density at radius 3 is 2.59 bits per heavy atom. The summed E-state index contributed by atoms with van der Waals surface area (Å²) in [7, 11) is 1.67. The molecule has 2 aromatic carbocycles. The van der Waals surface area contributed by atoms with E-state index >= 15 is 0 Å². The maximum Gasteiger partial charge on any atom is 0.125 e. The van der Waals surface area contributed by atoms with Crippen molar-refractivity contribution >= 4 is 12.4 Å². The minimum Gasteiger partial charge on any atom is -0.497 e. The topological polar surface area (TPSA) is 71.5 Å². The van der Waals surface area contributed by atoms with Gasteiger partial charge in [0.05, 0.1) is 18.7 Å². The number of fused-ring (bicyclic) bond motifs is 1. The Kier molecular flexibility index (Phi) is 6.69. The van der Waals surface area contributed by atoms with Crippen molar-refractivity contribution < 1.29 is 9.47 Å². The molecule has 1 fully saturated rings. The average Bonchev–Trinajstić information content (AvgIpc) is 2.73. The van der Waals surface area contributed by atoms with Crippen molar-refractivity contribution in [2.45, 2.75) is 37.3 Å². The second-order valence-electron chi connectivity index (χ2n) is 7.90. The Balaban J connectivity index is 0.00000240. The SMILES string of the molecule is COc1ccc2c(c1)C(N)CC1(CCN(CCc3ccc(C#N)cc3)CC1)O2.Cl. The van der Waals surface area contributed by atoms with Crippen molar-refractivity contribution in [2.75, 3.05) is 26.7 Å². The summed E-state index contributed by atoms with van der Waals surface area (Å²) in [6.07, 6.45) is 3.86. The number of hydrogen-bond donors (Lipinski definition) is 1. The van der Waals surface area contributed by atoms with Gasteiger partial charge in [-0.15, -0.1) is 12.4 Å². The van der Waals surface area contributed by atoms with E-state index in [9.17, 15) is 0 Å². The van der Waals surface area contributed by atoms with Crippen LogP contribution in [0.1, 0.15) is 42.0 Å². The van der Waals surface area contributed by atoms with Crippen LogP contribution in [0.15, 0.2) is 42.5 Å². The molecule has 5 nitrogen and oxygen atoms in total. The van der Waals surface area contributed by atoms with Gasteiger partial charge in [-0.2, -0.15) is 5.26 Å². The Morgan fingerprint density at radius 1 is 1.21 bits per heavy atom. The number of nitrogens with two attached hydrogens (primary N) is 1. The fraction of sp³-hybridized carbons (Fsp3) is 0.435. The van der Waals surface area contributed by atoms with E-state index in [-0.39, 0.29) is 24.0 Å². The summed E-state index contributed by atoms with van der Waals surface area (Å²) in [6, 6.07) is 16.0. The van der Waals surface area contributed by atoms with Gasteiger partial charge in [-0.3, -0.25) is 0 Å². The van der Waals surface area contributed by atoms with Crippen LogP contribution in [0.5, 0.6) is 11.5 Å². The van der Waals surface area contributed by atoms with Crippen LogP contribution >= 0.6 is 12.4 Å². The van der Waals surface area contributed by atoms with E-state index in [1.807, 2.05) is 30.3 Å². The van der Waals surface area contributed by atoms with Crippen LogP contribution in [0.25, 0.3) is 0 Å². The fourth-order valence-electron chi connectivity index (χ4n) is 4.35. The molecule has 2 aromatic rings. The van der Waals surface area contributed by atoms with E-state index in [1.165, 1.54) is 5.56 Å². The van der Waals surface area contributed by atoms with Crippen molar-refractivity contribution in [3.63, 3.8) is 0 Å². The Morgan fingerprint density at radius 2 is 1.93 bits per heavy atom. The van der Waals surface area contributed by atoms with Crippen LogP contribution in [-0.4, -0.2) is 37.2 Å². The van der Waals surface area contributed by atoms with Crippen LogP contribution in [0.2, 0.25) is 0 Å². The predicted octanol–water partition coefficient (Wildman–Crippen LogP) is 3.85. The molecular formula is C23H28ClN3O2. The van der Waals surface area contributed by atoms with Crippen molar-refractivity contribution in [3.05, 3.63) is 59.2 Å². The number of rotatable bonds is 4. The molecular weight excluding hydrogens is 386 g/mol. The van der Waals surface area contributed by atoms with Crippen molar-refractivity contribution in [1.82, 2.24) is 4.90 Å². The average molecular weight is 414 g/mol. The van der Waals surface area contributed by atoms with Crippen molar-refractivity contribution in [3.8, 4) is 17.6 Å². The number of halogens is 1. The zero-order chi connectivity index (χ0) is 19.6. The van der Waals surface area contributed by atoms with E-state index in [1.54, 1.807) is 7.11 Å². The number of benzene rings is 2. The molecule has 0 amide bonds. The number of ether oxygens (including phenoxy) is 2. The first-order valence-electron chi connectivity index (χ1n) is 9.95. The number of methoxy groups -OCH3 is 1. The largest absolute Gasteiger partial charge is 0.497 e. The lowest BCUT2D eigenvalue weighted by molar-refractivity contribution is -0.0214. The quantitative estimate of drug-likeness (QED) is 0.824. The lowest BCUT2D eigenvalue weighted by Crippen LogP contribution is -2.51. The van der Waals surface area contributed by atoms with Crippen LogP contribution in [-0.2, 0) is 6.42 Å². The minimum absolute atomic E-state index is 0. The Bertz CT molecular complexity index is 871. The molecule has 0 saturated carbocycles. The van der Waals surface area contributed by atoms with E-state index in [0.29, 0.717) is 5.56 Å². The van der Waals surface area contributed by atoms with Gasteiger partial charge in [-0.1, -0.05) is 12.1 Å². The maximum atomic E-state index is 8.90. The lowest BCUT2D eigenvalue weighted by atomic mass is 9.81. The monoisotopic (exact) mass is 413 g/mol. The molecule has 29 heavy (non-hydrogen) atoms. The Labute approximate surface area is 178 Å². The lowest BCUT2D eigenvalue weighted by Gasteiger charge is -2.46. The summed E-state index contributed by atoms with van der Waals surface area (Å²) >= 11 is 0. The van der Waals surface area contributed by atoms with Gasteiger partial charge < -0.3 is 20.1 Å². The highest BCUT2D eigenvalue weighted by molar-refractivity contribution is 5.85. The molecule has 1 unspecified atom stereocenters. The minimum atomic E-state index is -0.147. The van der Waals surface area contributed by atoms with Gasteiger partial charge in [0.1, 0.15) is 17.1 Å². The highest BCUT2D eigenvalue weighted by Crippen LogP contribution is 2.44. The molecule has 2 N–H and O–H groups in total. The summed E-state index contributed by atoms with van der Waals surface area (Å²) in [4.78, 5) is 2.50. The van der Waals surface area contributed by atoms with Gasteiger partial charge in [0.2, 0.25) is 0 Å². The van der Waals surface area contributed by atoms with E-state index in [2.05, 4.69) is 23.1 Å². The summed E-state index contributed by atoms with van der Waals surface area (Å²) in [6.45, 7) is 3.07. The maximum absolute atomic E-state index is 8.90.